The highest BCUT2D eigenvalue weighted by atomic mass is 16.5. The molecule has 0 fully saturated rings. The Hall–Kier alpha value is -2.10. The molecule has 0 bridgehead atoms. The minimum Gasteiger partial charge on any atom is -0.427 e. The van der Waals surface area contributed by atoms with E-state index in [2.05, 4.69) is 9.97 Å². The molecule has 4 nitrogen and oxygen atoms in total. The highest BCUT2D eigenvalue weighted by Crippen LogP contribution is 2.23. The van der Waals surface area contributed by atoms with E-state index in [0.29, 0.717) is 12.2 Å². The number of aromatic nitrogens is 3. The number of hydrogen-bond donors (Lipinski definition) is 1. The first-order valence-electron chi connectivity index (χ1n) is 5.25. The topological polar surface area (TPSA) is 50.9 Å². The Morgan fingerprint density at radius 2 is 2.06 bits per heavy atom. The Kier molecular flexibility index (Phi) is 1.83. The van der Waals surface area contributed by atoms with Gasteiger partial charge < -0.3 is 5.21 Å². The first kappa shape index (κ1) is 9.15. The second-order valence-electron chi connectivity index (χ2n) is 3.70. The molecule has 0 saturated heterocycles. The van der Waals surface area contributed by atoms with Gasteiger partial charge in [-0.2, -0.15) is 4.73 Å². The molecule has 2 heterocycles. The van der Waals surface area contributed by atoms with E-state index in [1.807, 2.05) is 31.2 Å². The summed E-state index contributed by atoms with van der Waals surface area (Å²) < 4.78 is 1.17. The summed E-state index contributed by atoms with van der Waals surface area (Å²) in [5.74, 6) is 0.660. The van der Waals surface area contributed by atoms with Crippen LogP contribution in [0.5, 0.6) is 0 Å². The zero-order valence-corrected chi connectivity index (χ0v) is 8.88. The SMILES string of the molecule is CCc1nc2cnc3ccccc3c2n1O. The lowest BCUT2D eigenvalue weighted by Crippen LogP contribution is -1.97. The minimum atomic E-state index is 0.660. The van der Waals surface area contributed by atoms with Crippen molar-refractivity contribution in [3.8, 4) is 0 Å². The summed E-state index contributed by atoms with van der Waals surface area (Å²) >= 11 is 0. The highest BCUT2D eigenvalue weighted by molar-refractivity contribution is 6.01. The molecule has 80 valence electrons. The average Bonchev–Trinajstić information content (AvgIpc) is 2.66. The molecule has 16 heavy (non-hydrogen) atoms. The van der Waals surface area contributed by atoms with E-state index >= 15 is 0 Å². The molecule has 0 aliphatic rings. The fraction of sp³-hybridized carbons (Fsp3) is 0.167. The summed E-state index contributed by atoms with van der Waals surface area (Å²) in [6.07, 6.45) is 2.39. The Morgan fingerprint density at radius 3 is 2.88 bits per heavy atom. The normalized spacial score (nSPS) is 11.3. The predicted octanol–water partition coefficient (Wildman–Crippen LogP) is 2.38. The first-order chi connectivity index (χ1) is 7.81. The minimum absolute atomic E-state index is 0.660. The van der Waals surface area contributed by atoms with Crippen LogP contribution >= 0.6 is 0 Å². The van der Waals surface area contributed by atoms with Gasteiger partial charge in [-0.3, -0.25) is 4.98 Å². The van der Waals surface area contributed by atoms with Crippen LogP contribution in [0.1, 0.15) is 12.7 Å². The van der Waals surface area contributed by atoms with Gasteiger partial charge in [-0.25, -0.2) is 4.98 Å². The van der Waals surface area contributed by atoms with Crippen molar-refractivity contribution in [2.24, 2.45) is 0 Å². The van der Waals surface area contributed by atoms with Gasteiger partial charge in [0.05, 0.1) is 11.7 Å². The summed E-state index contributed by atoms with van der Waals surface area (Å²) in [6, 6.07) is 7.73. The van der Waals surface area contributed by atoms with E-state index in [4.69, 9.17) is 0 Å². The zero-order chi connectivity index (χ0) is 11.1. The maximum Gasteiger partial charge on any atom is 0.145 e. The molecular formula is C12H11N3O. The van der Waals surface area contributed by atoms with E-state index in [1.54, 1.807) is 6.20 Å². The van der Waals surface area contributed by atoms with Crippen molar-refractivity contribution in [3.63, 3.8) is 0 Å². The number of para-hydroxylation sites is 1. The van der Waals surface area contributed by atoms with Crippen LogP contribution < -0.4 is 0 Å². The summed E-state index contributed by atoms with van der Waals surface area (Å²) in [5, 5.41) is 10.9. The fourth-order valence-corrected chi connectivity index (χ4v) is 1.96. The third-order valence-corrected chi connectivity index (χ3v) is 2.75. The Morgan fingerprint density at radius 1 is 1.25 bits per heavy atom. The van der Waals surface area contributed by atoms with Gasteiger partial charge in [0, 0.05) is 11.8 Å². The second-order valence-corrected chi connectivity index (χ2v) is 3.70. The monoisotopic (exact) mass is 213 g/mol. The number of aryl methyl sites for hydroxylation is 1. The highest BCUT2D eigenvalue weighted by Gasteiger charge is 2.11. The van der Waals surface area contributed by atoms with Crippen molar-refractivity contribution < 1.29 is 5.21 Å². The largest absolute Gasteiger partial charge is 0.427 e. The van der Waals surface area contributed by atoms with Crippen molar-refractivity contribution in [3.05, 3.63) is 36.3 Å². The van der Waals surface area contributed by atoms with Gasteiger partial charge in [0.15, 0.2) is 0 Å². The number of nitrogens with zero attached hydrogens (tertiary/aromatic N) is 3. The lowest BCUT2D eigenvalue weighted by molar-refractivity contribution is 0.189. The van der Waals surface area contributed by atoms with Gasteiger partial charge in [-0.1, -0.05) is 25.1 Å². The molecule has 0 atom stereocenters. The number of fused-ring (bicyclic) bond motifs is 3. The zero-order valence-electron chi connectivity index (χ0n) is 8.88. The van der Waals surface area contributed by atoms with Crippen LogP contribution in [-0.4, -0.2) is 19.9 Å². The molecule has 3 aromatic rings. The molecule has 1 aromatic carbocycles. The van der Waals surface area contributed by atoms with Gasteiger partial charge in [0.2, 0.25) is 0 Å². The van der Waals surface area contributed by atoms with Crippen LogP contribution in [0.15, 0.2) is 30.5 Å². The number of pyridine rings is 1. The molecule has 0 amide bonds. The first-order valence-corrected chi connectivity index (χ1v) is 5.25. The Bertz CT molecular complexity index is 672. The number of imidazole rings is 1. The summed E-state index contributed by atoms with van der Waals surface area (Å²) in [4.78, 5) is 8.64. The second kappa shape index (κ2) is 3.20. The molecule has 4 heteroatoms. The molecule has 2 aromatic heterocycles. The van der Waals surface area contributed by atoms with Crippen LogP contribution in [0.3, 0.4) is 0 Å². The van der Waals surface area contributed by atoms with E-state index in [1.165, 1.54) is 4.73 Å². The third kappa shape index (κ3) is 1.10. The number of hydrogen-bond acceptors (Lipinski definition) is 3. The summed E-state index contributed by atoms with van der Waals surface area (Å²) in [7, 11) is 0. The van der Waals surface area contributed by atoms with Crippen molar-refractivity contribution >= 4 is 21.9 Å². The number of benzene rings is 1. The van der Waals surface area contributed by atoms with Gasteiger partial charge in [-0.15, -0.1) is 0 Å². The molecule has 0 saturated carbocycles. The summed E-state index contributed by atoms with van der Waals surface area (Å²) in [6.45, 7) is 1.96. The molecule has 0 spiro atoms. The molecule has 3 rings (SSSR count). The predicted molar refractivity (Wildman–Crippen MR) is 61.6 cm³/mol. The molecule has 0 aliphatic carbocycles. The smallest absolute Gasteiger partial charge is 0.145 e. The Balaban J connectivity index is 2.54. The van der Waals surface area contributed by atoms with Crippen LogP contribution in [-0.2, 0) is 6.42 Å². The van der Waals surface area contributed by atoms with Gasteiger partial charge in [-0.05, 0) is 6.07 Å². The molecular weight excluding hydrogens is 202 g/mol. The molecule has 1 N–H and O–H groups in total. The van der Waals surface area contributed by atoms with Gasteiger partial charge in [0.1, 0.15) is 16.9 Å². The van der Waals surface area contributed by atoms with Gasteiger partial charge in [0.25, 0.3) is 0 Å². The maximum absolute atomic E-state index is 10.0. The van der Waals surface area contributed by atoms with Crippen LogP contribution in [0.4, 0.5) is 0 Å². The van der Waals surface area contributed by atoms with Gasteiger partial charge >= 0.3 is 0 Å². The van der Waals surface area contributed by atoms with E-state index in [0.717, 1.165) is 21.9 Å². The van der Waals surface area contributed by atoms with E-state index < -0.39 is 0 Å². The average molecular weight is 213 g/mol. The molecule has 0 unspecified atom stereocenters. The lowest BCUT2D eigenvalue weighted by atomic mass is 10.2. The van der Waals surface area contributed by atoms with Crippen LogP contribution in [0, 0.1) is 0 Å². The van der Waals surface area contributed by atoms with E-state index in [-0.39, 0.29) is 0 Å². The summed E-state index contributed by atoms with van der Waals surface area (Å²) in [5.41, 5.74) is 2.34. The van der Waals surface area contributed by atoms with Crippen molar-refractivity contribution in [2.45, 2.75) is 13.3 Å². The van der Waals surface area contributed by atoms with Crippen molar-refractivity contribution in [1.82, 2.24) is 14.7 Å². The van der Waals surface area contributed by atoms with Crippen LogP contribution in [0.25, 0.3) is 21.9 Å². The third-order valence-electron chi connectivity index (χ3n) is 2.75. The van der Waals surface area contributed by atoms with E-state index in [9.17, 15) is 5.21 Å². The van der Waals surface area contributed by atoms with Crippen molar-refractivity contribution in [1.29, 1.82) is 0 Å². The maximum atomic E-state index is 10.0. The van der Waals surface area contributed by atoms with Crippen LogP contribution in [0.2, 0.25) is 0 Å². The fourth-order valence-electron chi connectivity index (χ4n) is 1.96. The molecule has 0 aliphatic heterocycles. The molecule has 0 radical (unpaired) electrons. The lowest BCUT2D eigenvalue weighted by Gasteiger charge is -2.00. The standard InChI is InChI=1S/C12H11N3O/c1-2-11-14-10-7-13-9-6-4-3-5-8(9)12(10)15(11)16/h3-7,16H,2H2,1H3. The number of rotatable bonds is 1. The quantitative estimate of drug-likeness (QED) is 0.631. The Labute approximate surface area is 92.1 Å². The van der Waals surface area contributed by atoms with Crippen molar-refractivity contribution in [2.75, 3.05) is 0 Å².